The number of ether oxygens (including phenoxy) is 1. The van der Waals surface area contributed by atoms with Gasteiger partial charge >= 0.3 is 5.97 Å². The van der Waals surface area contributed by atoms with Crippen LogP contribution in [0.4, 0.5) is 0 Å². The molecule has 2 atom stereocenters. The Morgan fingerprint density at radius 1 is 1.35 bits per heavy atom. The monoisotopic (exact) mass is 255 g/mol. The van der Waals surface area contributed by atoms with Crippen molar-refractivity contribution in [1.29, 1.82) is 0 Å². The highest BCUT2D eigenvalue weighted by Crippen LogP contribution is 2.16. The van der Waals surface area contributed by atoms with Gasteiger partial charge in [0, 0.05) is 11.1 Å². The van der Waals surface area contributed by atoms with Gasteiger partial charge in [0.25, 0.3) is 0 Å². The number of esters is 1. The number of nitrogens with one attached hydrogen (secondary N) is 1. The van der Waals surface area contributed by atoms with Crippen LogP contribution >= 0.6 is 11.6 Å². The molecule has 0 aliphatic heterocycles. The fourth-order valence-corrected chi connectivity index (χ4v) is 1.68. The van der Waals surface area contributed by atoms with Crippen LogP contribution in [-0.4, -0.2) is 18.6 Å². The summed E-state index contributed by atoms with van der Waals surface area (Å²) in [6.45, 7) is 6.00. The number of hydrogen-bond donors (Lipinski definition) is 1. The summed E-state index contributed by atoms with van der Waals surface area (Å²) in [5.74, 6) is -0.228. The van der Waals surface area contributed by atoms with Crippen LogP contribution in [0.15, 0.2) is 24.3 Å². The Hall–Kier alpha value is -1.06. The van der Waals surface area contributed by atoms with Crippen molar-refractivity contribution < 1.29 is 9.53 Å². The number of carbonyl (C=O) groups excluding carboxylic acids is 1. The molecule has 0 amide bonds. The van der Waals surface area contributed by atoms with E-state index in [1.807, 2.05) is 31.2 Å². The molecule has 1 aromatic carbocycles. The number of halogens is 1. The lowest BCUT2D eigenvalue weighted by molar-refractivity contribution is -0.145. The topological polar surface area (TPSA) is 38.3 Å². The molecule has 1 N–H and O–H groups in total. The maximum absolute atomic E-state index is 11.5. The second-order valence-corrected chi connectivity index (χ2v) is 4.35. The van der Waals surface area contributed by atoms with Gasteiger partial charge in [-0.1, -0.05) is 23.7 Å². The molecule has 17 heavy (non-hydrogen) atoms. The summed E-state index contributed by atoms with van der Waals surface area (Å²) in [5.41, 5.74) is 1.09. The molecule has 3 nitrogen and oxygen atoms in total. The van der Waals surface area contributed by atoms with Gasteiger partial charge in [0.2, 0.25) is 0 Å². The summed E-state index contributed by atoms with van der Waals surface area (Å²) in [5, 5.41) is 3.89. The molecule has 1 rings (SSSR count). The van der Waals surface area contributed by atoms with E-state index in [9.17, 15) is 4.79 Å². The standard InChI is InChI=1S/C13H18ClNO2/c1-4-17-13(16)10(3)15-9(2)11-5-7-12(14)8-6-11/h5-10,15H,4H2,1-3H3/t9-,10?/m0/s1. The molecule has 0 aliphatic carbocycles. The van der Waals surface area contributed by atoms with Gasteiger partial charge in [-0.3, -0.25) is 10.1 Å². The molecular formula is C13H18ClNO2. The Labute approximate surface area is 107 Å². The van der Waals surface area contributed by atoms with Crippen molar-refractivity contribution in [3.63, 3.8) is 0 Å². The van der Waals surface area contributed by atoms with E-state index in [4.69, 9.17) is 16.3 Å². The summed E-state index contributed by atoms with van der Waals surface area (Å²) >= 11 is 5.82. The Morgan fingerprint density at radius 3 is 2.47 bits per heavy atom. The molecule has 0 bridgehead atoms. The second-order valence-electron chi connectivity index (χ2n) is 3.91. The lowest BCUT2D eigenvalue weighted by Gasteiger charge is -2.19. The fraction of sp³-hybridized carbons (Fsp3) is 0.462. The van der Waals surface area contributed by atoms with Crippen LogP contribution in [0, 0.1) is 0 Å². The maximum Gasteiger partial charge on any atom is 0.322 e. The van der Waals surface area contributed by atoms with E-state index in [2.05, 4.69) is 5.32 Å². The summed E-state index contributed by atoms with van der Waals surface area (Å²) in [4.78, 5) is 11.5. The van der Waals surface area contributed by atoms with Crippen LogP contribution in [0.2, 0.25) is 5.02 Å². The predicted octanol–water partition coefficient (Wildman–Crippen LogP) is 2.94. The van der Waals surface area contributed by atoms with Gasteiger partial charge in [0.05, 0.1) is 6.61 Å². The van der Waals surface area contributed by atoms with Crippen molar-refractivity contribution in [2.45, 2.75) is 32.9 Å². The largest absolute Gasteiger partial charge is 0.465 e. The second kappa shape index (κ2) is 6.62. The fourth-order valence-electron chi connectivity index (χ4n) is 1.56. The first-order chi connectivity index (χ1) is 8.04. The van der Waals surface area contributed by atoms with Crippen LogP contribution in [-0.2, 0) is 9.53 Å². The van der Waals surface area contributed by atoms with E-state index in [0.717, 1.165) is 5.56 Å². The number of benzene rings is 1. The van der Waals surface area contributed by atoms with Crippen LogP contribution < -0.4 is 5.32 Å². The zero-order chi connectivity index (χ0) is 12.8. The third kappa shape index (κ3) is 4.36. The minimum atomic E-state index is -0.319. The first-order valence-corrected chi connectivity index (χ1v) is 6.10. The van der Waals surface area contributed by atoms with Crippen molar-refractivity contribution in [1.82, 2.24) is 5.32 Å². The van der Waals surface area contributed by atoms with Gasteiger partial charge in [0.15, 0.2) is 0 Å². The van der Waals surface area contributed by atoms with Crippen LogP contribution in [0.25, 0.3) is 0 Å². The quantitative estimate of drug-likeness (QED) is 0.822. The third-order valence-corrected chi connectivity index (χ3v) is 2.76. The molecule has 4 heteroatoms. The van der Waals surface area contributed by atoms with Crippen LogP contribution in [0.5, 0.6) is 0 Å². The van der Waals surface area contributed by atoms with E-state index in [0.29, 0.717) is 11.6 Å². The number of carbonyl (C=O) groups is 1. The first kappa shape index (κ1) is 14.0. The predicted molar refractivity (Wildman–Crippen MR) is 69.1 cm³/mol. The minimum absolute atomic E-state index is 0.0756. The molecule has 94 valence electrons. The normalized spacial score (nSPS) is 14.1. The SMILES string of the molecule is CCOC(=O)C(C)N[C@@H](C)c1ccc(Cl)cc1. The molecule has 0 fully saturated rings. The van der Waals surface area contributed by atoms with Crippen molar-refractivity contribution in [3.8, 4) is 0 Å². The molecule has 1 aromatic rings. The average Bonchev–Trinajstić information content (AvgIpc) is 2.30. The molecular weight excluding hydrogens is 238 g/mol. The van der Waals surface area contributed by atoms with E-state index >= 15 is 0 Å². The van der Waals surface area contributed by atoms with E-state index in [-0.39, 0.29) is 18.1 Å². The Morgan fingerprint density at radius 2 is 1.94 bits per heavy atom. The molecule has 0 saturated carbocycles. The summed E-state index contributed by atoms with van der Waals surface area (Å²) in [6, 6.07) is 7.32. The number of hydrogen-bond acceptors (Lipinski definition) is 3. The Balaban J connectivity index is 2.56. The van der Waals surface area contributed by atoms with Crippen LogP contribution in [0.1, 0.15) is 32.4 Å². The lowest BCUT2D eigenvalue weighted by atomic mass is 10.1. The number of rotatable bonds is 5. The first-order valence-electron chi connectivity index (χ1n) is 5.72. The smallest absolute Gasteiger partial charge is 0.322 e. The zero-order valence-electron chi connectivity index (χ0n) is 10.4. The highest BCUT2D eigenvalue weighted by atomic mass is 35.5. The summed E-state index contributed by atoms with van der Waals surface area (Å²) in [6.07, 6.45) is 0. The maximum atomic E-state index is 11.5. The highest BCUT2D eigenvalue weighted by molar-refractivity contribution is 6.30. The van der Waals surface area contributed by atoms with Gasteiger partial charge in [0.1, 0.15) is 6.04 Å². The molecule has 0 heterocycles. The minimum Gasteiger partial charge on any atom is -0.465 e. The average molecular weight is 256 g/mol. The van der Waals surface area contributed by atoms with Gasteiger partial charge in [-0.05, 0) is 38.5 Å². The zero-order valence-corrected chi connectivity index (χ0v) is 11.1. The Kier molecular flexibility index (Phi) is 5.45. The molecule has 1 unspecified atom stereocenters. The van der Waals surface area contributed by atoms with E-state index in [1.54, 1.807) is 13.8 Å². The van der Waals surface area contributed by atoms with Crippen molar-refractivity contribution in [2.75, 3.05) is 6.61 Å². The molecule has 0 saturated heterocycles. The van der Waals surface area contributed by atoms with Crippen LogP contribution in [0.3, 0.4) is 0 Å². The molecule has 0 spiro atoms. The van der Waals surface area contributed by atoms with Crippen molar-refractivity contribution in [2.24, 2.45) is 0 Å². The summed E-state index contributed by atoms with van der Waals surface area (Å²) in [7, 11) is 0. The van der Waals surface area contributed by atoms with E-state index < -0.39 is 0 Å². The summed E-state index contributed by atoms with van der Waals surface area (Å²) < 4.78 is 4.94. The van der Waals surface area contributed by atoms with Gasteiger partial charge in [-0.2, -0.15) is 0 Å². The van der Waals surface area contributed by atoms with Gasteiger partial charge < -0.3 is 4.74 Å². The highest BCUT2D eigenvalue weighted by Gasteiger charge is 2.16. The molecule has 0 radical (unpaired) electrons. The van der Waals surface area contributed by atoms with Crippen molar-refractivity contribution >= 4 is 17.6 Å². The molecule has 0 aliphatic rings. The van der Waals surface area contributed by atoms with Crippen molar-refractivity contribution in [3.05, 3.63) is 34.9 Å². The third-order valence-electron chi connectivity index (χ3n) is 2.51. The van der Waals surface area contributed by atoms with Gasteiger partial charge in [-0.25, -0.2) is 0 Å². The van der Waals surface area contributed by atoms with Gasteiger partial charge in [-0.15, -0.1) is 0 Å². The lowest BCUT2D eigenvalue weighted by Crippen LogP contribution is -2.37. The Bertz CT molecular complexity index is 364. The van der Waals surface area contributed by atoms with E-state index in [1.165, 1.54) is 0 Å². The molecule has 0 aromatic heterocycles.